The van der Waals surface area contributed by atoms with Gasteiger partial charge in [0.1, 0.15) is 5.75 Å². The molecule has 1 fully saturated rings. The zero-order valence-electron chi connectivity index (χ0n) is 9.44. The molecule has 16 heavy (non-hydrogen) atoms. The highest BCUT2D eigenvalue weighted by Crippen LogP contribution is 2.21. The van der Waals surface area contributed by atoms with Gasteiger partial charge in [-0.1, -0.05) is 6.07 Å². The van der Waals surface area contributed by atoms with E-state index in [9.17, 15) is 4.21 Å². The molecule has 1 aliphatic rings. The third kappa shape index (κ3) is 2.62. The highest BCUT2D eigenvalue weighted by molar-refractivity contribution is 7.85. The Morgan fingerprint density at radius 2 is 2.12 bits per heavy atom. The van der Waals surface area contributed by atoms with E-state index >= 15 is 0 Å². The smallest absolute Gasteiger partial charge is 0.120 e. The van der Waals surface area contributed by atoms with Crippen molar-refractivity contribution in [1.29, 1.82) is 0 Å². The molecule has 0 aliphatic carbocycles. The second-order valence-corrected chi connectivity index (χ2v) is 5.66. The first-order chi connectivity index (χ1) is 7.81. The molecular weight excluding hydrogens is 222 g/mol. The summed E-state index contributed by atoms with van der Waals surface area (Å²) >= 11 is 0. The van der Waals surface area contributed by atoms with E-state index in [4.69, 9.17) is 4.74 Å². The zero-order chi connectivity index (χ0) is 11.4. The maximum atomic E-state index is 12.3. The molecular formula is C12H17NO2S. The molecule has 1 aliphatic heterocycles. The van der Waals surface area contributed by atoms with Crippen LogP contribution >= 0.6 is 0 Å². The van der Waals surface area contributed by atoms with E-state index in [1.165, 1.54) is 0 Å². The molecule has 88 valence electrons. The summed E-state index contributed by atoms with van der Waals surface area (Å²) in [6.45, 7) is 1.95. The second kappa shape index (κ2) is 5.46. The molecule has 1 aromatic rings. The van der Waals surface area contributed by atoms with Crippen molar-refractivity contribution in [3.63, 3.8) is 0 Å². The number of methoxy groups -OCH3 is 1. The Morgan fingerprint density at radius 1 is 1.38 bits per heavy atom. The van der Waals surface area contributed by atoms with Crippen LogP contribution in [0.4, 0.5) is 0 Å². The molecule has 0 bridgehead atoms. The number of ether oxygens (including phenoxy) is 1. The minimum atomic E-state index is -0.902. The molecule has 1 saturated heterocycles. The average molecular weight is 239 g/mol. The summed E-state index contributed by atoms with van der Waals surface area (Å²) in [5, 5.41) is 3.57. The van der Waals surface area contributed by atoms with Gasteiger partial charge in [-0.2, -0.15) is 0 Å². The first-order valence-electron chi connectivity index (χ1n) is 5.56. The van der Waals surface area contributed by atoms with Crippen LogP contribution in [0.2, 0.25) is 0 Å². The molecule has 0 saturated carbocycles. The van der Waals surface area contributed by atoms with Gasteiger partial charge in [0.25, 0.3) is 0 Å². The summed E-state index contributed by atoms with van der Waals surface area (Å²) in [5.74, 6) is 0.778. The zero-order valence-corrected chi connectivity index (χ0v) is 10.3. The lowest BCUT2D eigenvalue weighted by molar-refractivity contribution is 0.413. The van der Waals surface area contributed by atoms with Crippen LogP contribution in [0.3, 0.4) is 0 Å². The lowest BCUT2D eigenvalue weighted by Gasteiger charge is -2.22. The van der Waals surface area contributed by atoms with E-state index in [1.54, 1.807) is 7.11 Å². The molecule has 1 atom stereocenters. The standard InChI is InChI=1S/C12H17NO2S/c1-15-10-3-2-4-12(9-10)16(14)11-5-7-13-8-6-11/h2-4,9,11,13H,5-8H2,1H3. The molecule has 0 spiro atoms. The van der Waals surface area contributed by atoms with Crippen LogP contribution in [-0.2, 0) is 10.8 Å². The van der Waals surface area contributed by atoms with Gasteiger partial charge in [-0.05, 0) is 44.1 Å². The number of piperidine rings is 1. The average Bonchev–Trinajstić information content (AvgIpc) is 2.39. The van der Waals surface area contributed by atoms with E-state index in [1.807, 2.05) is 24.3 Å². The molecule has 1 N–H and O–H groups in total. The lowest BCUT2D eigenvalue weighted by atomic mass is 10.2. The van der Waals surface area contributed by atoms with Crippen molar-refractivity contribution < 1.29 is 8.95 Å². The van der Waals surface area contributed by atoms with Gasteiger partial charge in [-0.25, -0.2) is 0 Å². The van der Waals surface area contributed by atoms with Crippen LogP contribution < -0.4 is 10.1 Å². The van der Waals surface area contributed by atoms with Crippen molar-refractivity contribution in [3.05, 3.63) is 24.3 Å². The summed E-state index contributed by atoms with van der Waals surface area (Å²) in [6, 6.07) is 7.56. The van der Waals surface area contributed by atoms with E-state index < -0.39 is 10.8 Å². The van der Waals surface area contributed by atoms with Crippen molar-refractivity contribution in [2.75, 3.05) is 20.2 Å². The monoisotopic (exact) mass is 239 g/mol. The Hall–Kier alpha value is -0.870. The maximum absolute atomic E-state index is 12.3. The predicted octanol–water partition coefficient (Wildman–Crippen LogP) is 1.55. The molecule has 0 radical (unpaired) electrons. The summed E-state index contributed by atoms with van der Waals surface area (Å²) in [4.78, 5) is 0.881. The minimum absolute atomic E-state index is 0.286. The van der Waals surface area contributed by atoms with Crippen molar-refractivity contribution in [1.82, 2.24) is 5.32 Å². The van der Waals surface area contributed by atoms with Gasteiger partial charge in [0, 0.05) is 10.1 Å². The Kier molecular flexibility index (Phi) is 3.96. The first-order valence-corrected chi connectivity index (χ1v) is 6.78. The molecule has 0 aromatic heterocycles. The van der Waals surface area contributed by atoms with Gasteiger partial charge in [-0.15, -0.1) is 0 Å². The van der Waals surface area contributed by atoms with E-state index in [2.05, 4.69) is 5.32 Å². The van der Waals surface area contributed by atoms with Gasteiger partial charge in [0.05, 0.1) is 17.9 Å². The largest absolute Gasteiger partial charge is 0.497 e. The van der Waals surface area contributed by atoms with Gasteiger partial charge in [0.2, 0.25) is 0 Å². The fourth-order valence-electron chi connectivity index (χ4n) is 1.93. The van der Waals surface area contributed by atoms with E-state index in [0.29, 0.717) is 0 Å². The van der Waals surface area contributed by atoms with Crippen molar-refractivity contribution in [2.24, 2.45) is 0 Å². The van der Waals surface area contributed by atoms with Crippen molar-refractivity contribution in [3.8, 4) is 5.75 Å². The number of hydrogen-bond acceptors (Lipinski definition) is 3. The van der Waals surface area contributed by atoms with Gasteiger partial charge < -0.3 is 10.1 Å². The predicted molar refractivity (Wildman–Crippen MR) is 65.3 cm³/mol. The fraction of sp³-hybridized carbons (Fsp3) is 0.500. The topological polar surface area (TPSA) is 38.3 Å². The van der Waals surface area contributed by atoms with Crippen LogP contribution in [0.1, 0.15) is 12.8 Å². The number of hydrogen-bond donors (Lipinski definition) is 1. The van der Waals surface area contributed by atoms with Crippen molar-refractivity contribution >= 4 is 10.8 Å². The molecule has 1 unspecified atom stereocenters. The van der Waals surface area contributed by atoms with Gasteiger partial charge >= 0.3 is 0 Å². The van der Waals surface area contributed by atoms with Gasteiger partial charge in [0.15, 0.2) is 0 Å². The summed E-state index contributed by atoms with van der Waals surface area (Å²) < 4.78 is 17.4. The first kappa shape index (κ1) is 11.6. The highest BCUT2D eigenvalue weighted by Gasteiger charge is 2.20. The van der Waals surface area contributed by atoms with E-state index in [-0.39, 0.29) is 5.25 Å². The van der Waals surface area contributed by atoms with Crippen LogP contribution in [0.25, 0.3) is 0 Å². The fourth-order valence-corrected chi connectivity index (χ4v) is 3.42. The molecule has 4 heteroatoms. The molecule has 2 rings (SSSR count). The number of benzene rings is 1. The van der Waals surface area contributed by atoms with Crippen LogP contribution in [0, 0.1) is 0 Å². The van der Waals surface area contributed by atoms with Crippen molar-refractivity contribution in [2.45, 2.75) is 23.0 Å². The Labute approximate surface area is 98.7 Å². The quantitative estimate of drug-likeness (QED) is 0.870. The van der Waals surface area contributed by atoms with E-state index in [0.717, 1.165) is 36.6 Å². The van der Waals surface area contributed by atoms with Crippen LogP contribution in [-0.4, -0.2) is 29.7 Å². The lowest BCUT2D eigenvalue weighted by Crippen LogP contribution is -2.33. The molecule has 0 amide bonds. The van der Waals surface area contributed by atoms with Gasteiger partial charge in [-0.3, -0.25) is 4.21 Å². The Morgan fingerprint density at radius 3 is 2.81 bits per heavy atom. The second-order valence-electron chi connectivity index (χ2n) is 3.93. The van der Waals surface area contributed by atoms with Crippen LogP contribution in [0.15, 0.2) is 29.2 Å². The summed E-state index contributed by atoms with van der Waals surface area (Å²) in [5.41, 5.74) is 0. The molecule has 1 aromatic carbocycles. The third-order valence-corrected chi connectivity index (χ3v) is 4.66. The molecule has 1 heterocycles. The SMILES string of the molecule is COc1cccc(S(=O)C2CCNCC2)c1. The number of rotatable bonds is 3. The summed E-state index contributed by atoms with van der Waals surface area (Å²) in [7, 11) is 0.730. The normalized spacial score (nSPS) is 19.3. The Bertz CT molecular complexity index is 375. The minimum Gasteiger partial charge on any atom is -0.497 e. The highest BCUT2D eigenvalue weighted by atomic mass is 32.2. The third-order valence-electron chi connectivity index (χ3n) is 2.86. The summed E-state index contributed by atoms with van der Waals surface area (Å²) in [6.07, 6.45) is 1.98. The van der Waals surface area contributed by atoms with Crippen LogP contribution in [0.5, 0.6) is 5.75 Å². The molecule has 3 nitrogen and oxygen atoms in total. The number of nitrogens with one attached hydrogen (secondary N) is 1. The maximum Gasteiger partial charge on any atom is 0.120 e. The Balaban J connectivity index is 2.12.